The number of rotatable bonds is 8. The maximum Gasteiger partial charge on any atom is 0.408 e. The molecule has 7 nitrogen and oxygen atoms in total. The fourth-order valence-corrected chi connectivity index (χ4v) is 5.16. The molecule has 1 aliphatic rings. The van der Waals surface area contributed by atoms with Crippen LogP contribution in [0.15, 0.2) is 48.5 Å². The van der Waals surface area contributed by atoms with Crippen molar-refractivity contribution in [3.8, 4) is 0 Å². The number of halogens is 2. The van der Waals surface area contributed by atoms with Gasteiger partial charge in [0.2, 0.25) is 11.8 Å². The topological polar surface area (TPSA) is 87.7 Å². The Hall–Kier alpha value is -2.77. The number of ether oxygens (including phenoxy) is 1. The van der Waals surface area contributed by atoms with Gasteiger partial charge in [-0.2, -0.15) is 0 Å². The highest BCUT2D eigenvalue weighted by molar-refractivity contribution is 6.42. The molecule has 2 aromatic rings. The van der Waals surface area contributed by atoms with Gasteiger partial charge in [-0.1, -0.05) is 59.6 Å². The second kappa shape index (κ2) is 12.9. The van der Waals surface area contributed by atoms with Gasteiger partial charge in [-0.05, 0) is 70.2 Å². The van der Waals surface area contributed by atoms with Crippen LogP contribution >= 0.6 is 23.2 Å². The number of nitrogens with zero attached hydrogens (tertiary/aromatic N) is 1. The van der Waals surface area contributed by atoms with Crippen LogP contribution in [0.1, 0.15) is 51.7 Å². The van der Waals surface area contributed by atoms with Gasteiger partial charge < -0.3 is 20.3 Å². The van der Waals surface area contributed by atoms with Crippen LogP contribution in [0.5, 0.6) is 0 Å². The van der Waals surface area contributed by atoms with Gasteiger partial charge in [0, 0.05) is 26.1 Å². The van der Waals surface area contributed by atoms with Crippen LogP contribution < -0.4 is 10.6 Å². The van der Waals surface area contributed by atoms with Gasteiger partial charge >= 0.3 is 6.09 Å². The molecule has 3 amide bonds. The Balaban J connectivity index is 1.89. The van der Waals surface area contributed by atoms with E-state index in [0.717, 1.165) is 11.1 Å². The van der Waals surface area contributed by atoms with Gasteiger partial charge in [0.15, 0.2) is 0 Å². The number of nitrogens with one attached hydrogen (secondary N) is 2. The molecule has 0 aliphatic carbocycles. The maximum atomic E-state index is 13.9. The molecule has 0 radical (unpaired) electrons. The molecule has 2 atom stereocenters. The largest absolute Gasteiger partial charge is 0.444 e. The number of carbonyl (C=O) groups is 3. The molecule has 0 saturated carbocycles. The first-order valence-electron chi connectivity index (χ1n) is 13.0. The number of likely N-dealkylation sites (tertiary alicyclic amines) is 1. The van der Waals surface area contributed by atoms with Crippen LogP contribution in [0.4, 0.5) is 4.79 Å². The number of carbonyl (C=O) groups excluding carboxylic acids is 3. The molecule has 2 aromatic carbocycles. The van der Waals surface area contributed by atoms with Crippen molar-refractivity contribution in [1.29, 1.82) is 0 Å². The van der Waals surface area contributed by atoms with Crippen molar-refractivity contribution in [2.45, 2.75) is 65.0 Å². The van der Waals surface area contributed by atoms with Crippen molar-refractivity contribution < 1.29 is 19.1 Å². The number of hydrogen-bond acceptors (Lipinski definition) is 4. The first-order valence-corrected chi connectivity index (χ1v) is 13.7. The molecular formula is C29H37Cl2N3O4. The molecular weight excluding hydrogens is 525 g/mol. The lowest BCUT2D eigenvalue weighted by Gasteiger charge is -2.43. The Labute approximate surface area is 235 Å². The van der Waals surface area contributed by atoms with Gasteiger partial charge in [-0.3, -0.25) is 9.59 Å². The Kier molecular flexibility index (Phi) is 10.1. The number of piperidine rings is 1. The third kappa shape index (κ3) is 8.11. The summed E-state index contributed by atoms with van der Waals surface area (Å²) in [5, 5.41) is 6.51. The lowest BCUT2D eigenvalue weighted by molar-refractivity contribution is -0.143. The molecule has 9 heteroatoms. The van der Waals surface area contributed by atoms with Gasteiger partial charge in [0.25, 0.3) is 0 Å². The number of benzene rings is 2. The predicted molar refractivity (Wildman–Crippen MR) is 150 cm³/mol. The normalized spacial score (nSPS) is 18.4. The number of amides is 3. The zero-order valence-corrected chi connectivity index (χ0v) is 24.0. The van der Waals surface area contributed by atoms with Crippen molar-refractivity contribution in [3.05, 3.63) is 69.7 Å². The number of alkyl carbamates (subject to hydrolysis) is 1. The Morgan fingerprint density at radius 3 is 2.39 bits per heavy atom. The first kappa shape index (κ1) is 29.8. The van der Waals surface area contributed by atoms with E-state index in [-0.39, 0.29) is 24.8 Å². The summed E-state index contributed by atoms with van der Waals surface area (Å²) in [5.74, 6) is -0.342. The zero-order chi connectivity index (χ0) is 27.9. The van der Waals surface area contributed by atoms with Crippen molar-refractivity contribution >= 4 is 41.1 Å². The maximum absolute atomic E-state index is 13.9. The molecule has 38 heavy (non-hydrogen) atoms. The first-order chi connectivity index (χ1) is 17.9. The SMILES string of the molecule is CCNC(=O)[C@]1(Cc2ccccc2)CCCN(C(=O)C(Cc2ccc(Cl)c(Cl)c2)NC(=O)OC(C)(C)C)C1. The summed E-state index contributed by atoms with van der Waals surface area (Å²) in [5.41, 5.74) is 0.276. The number of hydrogen-bond donors (Lipinski definition) is 2. The van der Waals surface area contributed by atoms with Crippen LogP contribution in [0.3, 0.4) is 0 Å². The summed E-state index contributed by atoms with van der Waals surface area (Å²) in [7, 11) is 0. The van der Waals surface area contributed by atoms with Gasteiger partial charge in [-0.15, -0.1) is 0 Å². The second-order valence-corrected chi connectivity index (χ2v) is 11.6. The van der Waals surface area contributed by atoms with E-state index >= 15 is 0 Å². The summed E-state index contributed by atoms with van der Waals surface area (Å²) < 4.78 is 5.44. The van der Waals surface area contributed by atoms with E-state index in [1.165, 1.54) is 0 Å². The highest BCUT2D eigenvalue weighted by Gasteiger charge is 2.44. The van der Waals surface area contributed by atoms with E-state index in [1.54, 1.807) is 43.9 Å². The third-order valence-corrected chi connectivity index (χ3v) is 7.24. The molecule has 1 unspecified atom stereocenters. The second-order valence-electron chi connectivity index (χ2n) is 10.8. The van der Waals surface area contributed by atoms with Crippen molar-refractivity contribution in [2.24, 2.45) is 5.41 Å². The van der Waals surface area contributed by atoms with Gasteiger partial charge in [0.05, 0.1) is 15.5 Å². The molecule has 2 N–H and O–H groups in total. The molecule has 3 rings (SSSR count). The zero-order valence-electron chi connectivity index (χ0n) is 22.5. The molecule has 0 spiro atoms. The molecule has 0 aromatic heterocycles. The molecule has 206 valence electrons. The molecule has 0 bridgehead atoms. The predicted octanol–water partition coefficient (Wildman–Crippen LogP) is 5.42. The summed E-state index contributed by atoms with van der Waals surface area (Å²) in [4.78, 5) is 41.7. The molecule has 1 heterocycles. The van der Waals surface area contributed by atoms with Crippen molar-refractivity contribution in [1.82, 2.24) is 15.5 Å². The van der Waals surface area contributed by atoms with E-state index in [0.29, 0.717) is 42.4 Å². The Bertz CT molecular complexity index is 1140. The van der Waals surface area contributed by atoms with Crippen LogP contribution in [-0.4, -0.2) is 54.1 Å². The third-order valence-electron chi connectivity index (χ3n) is 6.51. The van der Waals surface area contributed by atoms with E-state index in [4.69, 9.17) is 27.9 Å². The van der Waals surface area contributed by atoms with Crippen molar-refractivity contribution in [3.63, 3.8) is 0 Å². The van der Waals surface area contributed by atoms with Crippen LogP contribution in [-0.2, 0) is 27.2 Å². The summed E-state index contributed by atoms with van der Waals surface area (Å²) in [6.07, 6.45) is 1.35. The van der Waals surface area contributed by atoms with E-state index in [1.807, 2.05) is 37.3 Å². The highest BCUT2D eigenvalue weighted by atomic mass is 35.5. The Morgan fingerprint density at radius 2 is 1.76 bits per heavy atom. The minimum Gasteiger partial charge on any atom is -0.444 e. The summed E-state index contributed by atoms with van der Waals surface area (Å²) >= 11 is 12.3. The fourth-order valence-electron chi connectivity index (χ4n) is 4.84. The van der Waals surface area contributed by atoms with Crippen molar-refractivity contribution in [2.75, 3.05) is 19.6 Å². The smallest absolute Gasteiger partial charge is 0.408 e. The van der Waals surface area contributed by atoms with E-state index < -0.39 is 23.2 Å². The lowest BCUT2D eigenvalue weighted by Crippen LogP contribution is -2.58. The summed E-state index contributed by atoms with van der Waals surface area (Å²) in [6, 6.07) is 14.0. The minimum atomic E-state index is -0.913. The Morgan fingerprint density at radius 1 is 1.05 bits per heavy atom. The van der Waals surface area contributed by atoms with Gasteiger partial charge in [0.1, 0.15) is 11.6 Å². The lowest BCUT2D eigenvalue weighted by atomic mass is 9.74. The van der Waals surface area contributed by atoms with Crippen LogP contribution in [0, 0.1) is 5.41 Å². The standard InChI is InChI=1S/C29H37Cl2N3O4/c1-5-32-26(36)29(18-20-10-7-6-8-11-20)14-9-15-34(19-29)25(35)24(33-27(37)38-28(2,3)4)17-21-12-13-22(30)23(31)16-21/h6-8,10-13,16,24H,5,9,14-15,17-19H2,1-4H3,(H,32,36)(H,33,37)/t24?,29-/m0/s1. The van der Waals surface area contributed by atoms with Gasteiger partial charge in [-0.25, -0.2) is 4.79 Å². The highest BCUT2D eigenvalue weighted by Crippen LogP contribution is 2.35. The average molecular weight is 563 g/mol. The average Bonchev–Trinajstić information content (AvgIpc) is 2.85. The van der Waals surface area contributed by atoms with E-state index in [9.17, 15) is 14.4 Å². The van der Waals surface area contributed by atoms with Crippen LogP contribution in [0.25, 0.3) is 0 Å². The molecule has 1 fully saturated rings. The summed E-state index contributed by atoms with van der Waals surface area (Å²) in [6.45, 7) is 8.41. The molecule has 1 aliphatic heterocycles. The fraction of sp³-hybridized carbons (Fsp3) is 0.483. The monoisotopic (exact) mass is 561 g/mol. The quantitative estimate of drug-likeness (QED) is 0.450. The van der Waals surface area contributed by atoms with E-state index in [2.05, 4.69) is 10.6 Å². The molecule has 1 saturated heterocycles. The minimum absolute atomic E-state index is 0.0671. The van der Waals surface area contributed by atoms with Crippen LogP contribution in [0.2, 0.25) is 10.0 Å².